The van der Waals surface area contributed by atoms with Crippen LogP contribution in [-0.2, 0) is 25.5 Å². The number of likely N-dealkylation sites (tertiary alicyclic amines) is 1. The SMILES string of the molecule is COC(=O)C[C@@H]1C[C@@H](CNC(=O)[C@H]2C[C@H](c3ccc(C#N)cc3)C2)N(CCCc2ccccc2)C1=O.O. The smallest absolute Gasteiger partial charge is 0.306 e. The van der Waals surface area contributed by atoms with Crippen molar-refractivity contribution in [1.29, 1.82) is 5.26 Å². The monoisotopic (exact) mass is 505 g/mol. The summed E-state index contributed by atoms with van der Waals surface area (Å²) in [7, 11) is 1.33. The number of nitrogens with one attached hydrogen (secondary N) is 1. The first-order valence-corrected chi connectivity index (χ1v) is 12.7. The first-order chi connectivity index (χ1) is 17.5. The number of nitrogens with zero attached hydrogens (tertiary/aromatic N) is 2. The third-order valence-corrected chi connectivity index (χ3v) is 7.51. The van der Waals surface area contributed by atoms with Crippen molar-refractivity contribution in [3.8, 4) is 6.07 Å². The van der Waals surface area contributed by atoms with E-state index < -0.39 is 5.92 Å². The van der Waals surface area contributed by atoms with Crippen LogP contribution in [0.5, 0.6) is 0 Å². The highest BCUT2D eigenvalue weighted by molar-refractivity contribution is 5.86. The first kappa shape index (κ1) is 27.9. The molecule has 2 aromatic carbocycles. The Labute approximate surface area is 217 Å². The van der Waals surface area contributed by atoms with E-state index in [0.29, 0.717) is 31.0 Å². The van der Waals surface area contributed by atoms with Crippen LogP contribution in [0.4, 0.5) is 0 Å². The summed E-state index contributed by atoms with van der Waals surface area (Å²) in [5.41, 5.74) is 3.02. The van der Waals surface area contributed by atoms with Gasteiger partial charge < -0.3 is 20.4 Å². The zero-order chi connectivity index (χ0) is 25.5. The number of rotatable bonds is 10. The minimum Gasteiger partial charge on any atom is -0.469 e. The largest absolute Gasteiger partial charge is 0.469 e. The van der Waals surface area contributed by atoms with E-state index in [1.54, 1.807) is 0 Å². The highest BCUT2D eigenvalue weighted by Gasteiger charge is 2.41. The number of nitriles is 1. The van der Waals surface area contributed by atoms with E-state index in [1.807, 2.05) is 47.4 Å². The van der Waals surface area contributed by atoms with Crippen molar-refractivity contribution in [2.45, 2.75) is 50.5 Å². The molecule has 0 bridgehead atoms. The van der Waals surface area contributed by atoms with Crippen LogP contribution < -0.4 is 5.32 Å². The Morgan fingerprint density at radius 1 is 1.08 bits per heavy atom. The summed E-state index contributed by atoms with van der Waals surface area (Å²) >= 11 is 0. The number of carbonyl (C=O) groups excluding carboxylic acids is 3. The molecule has 2 aromatic rings. The summed E-state index contributed by atoms with van der Waals surface area (Å²) in [6.45, 7) is 0.988. The summed E-state index contributed by atoms with van der Waals surface area (Å²) in [6, 6.07) is 19.7. The minimum absolute atomic E-state index is 0. The van der Waals surface area contributed by atoms with Crippen LogP contribution in [0.2, 0.25) is 0 Å². The fourth-order valence-electron chi connectivity index (χ4n) is 5.31. The molecule has 1 heterocycles. The topological polar surface area (TPSA) is 131 Å². The lowest BCUT2D eigenvalue weighted by molar-refractivity contribution is -0.144. The fraction of sp³-hybridized carbons (Fsp3) is 0.448. The number of amides is 2. The molecular formula is C29H35N3O5. The van der Waals surface area contributed by atoms with E-state index in [1.165, 1.54) is 12.7 Å². The van der Waals surface area contributed by atoms with Crippen LogP contribution in [0.15, 0.2) is 54.6 Å². The predicted molar refractivity (Wildman–Crippen MR) is 138 cm³/mol. The average molecular weight is 506 g/mol. The van der Waals surface area contributed by atoms with Gasteiger partial charge in [-0.15, -0.1) is 0 Å². The van der Waals surface area contributed by atoms with Crippen molar-refractivity contribution in [2.24, 2.45) is 11.8 Å². The van der Waals surface area contributed by atoms with Gasteiger partial charge in [-0.2, -0.15) is 5.26 Å². The van der Waals surface area contributed by atoms with Crippen LogP contribution in [0.25, 0.3) is 0 Å². The van der Waals surface area contributed by atoms with E-state index in [4.69, 9.17) is 10.00 Å². The second kappa shape index (κ2) is 13.0. The standard InChI is InChI=1S/C29H33N3O4.H2O/c1-36-27(33)17-25-16-26(32(29(25)35)13-5-8-20-6-3-2-4-7-20)19-31-28(34)24-14-23(15-24)22-11-9-21(18-30)10-12-22;/h2-4,6-7,9-12,23-26H,5,8,13-17,19H2,1H3,(H,31,34);1H2/t23-,24-,25-,26-;/m0./s1. The van der Waals surface area contributed by atoms with Crippen LogP contribution in [0.1, 0.15) is 54.7 Å². The Morgan fingerprint density at radius 2 is 1.78 bits per heavy atom. The van der Waals surface area contributed by atoms with Gasteiger partial charge in [0.15, 0.2) is 0 Å². The van der Waals surface area contributed by atoms with Gasteiger partial charge in [0.1, 0.15) is 0 Å². The Hall–Kier alpha value is -3.70. The van der Waals surface area contributed by atoms with Crippen molar-refractivity contribution in [3.05, 3.63) is 71.3 Å². The molecule has 1 aliphatic carbocycles. The van der Waals surface area contributed by atoms with Crippen LogP contribution in [0.3, 0.4) is 0 Å². The molecule has 3 N–H and O–H groups in total. The van der Waals surface area contributed by atoms with Crippen molar-refractivity contribution in [1.82, 2.24) is 10.2 Å². The molecule has 4 rings (SSSR count). The summed E-state index contributed by atoms with van der Waals surface area (Å²) in [4.78, 5) is 39.6. The molecule has 8 heteroatoms. The highest BCUT2D eigenvalue weighted by atomic mass is 16.5. The quantitative estimate of drug-likeness (QED) is 0.496. The second-order valence-corrected chi connectivity index (χ2v) is 9.83. The Morgan fingerprint density at radius 3 is 2.43 bits per heavy atom. The number of esters is 1. The van der Waals surface area contributed by atoms with E-state index in [0.717, 1.165) is 31.2 Å². The van der Waals surface area contributed by atoms with Crippen molar-refractivity contribution < 1.29 is 24.6 Å². The Bertz CT molecular complexity index is 1110. The molecule has 2 amide bonds. The van der Waals surface area contributed by atoms with Gasteiger partial charge in [0.25, 0.3) is 0 Å². The van der Waals surface area contributed by atoms with Gasteiger partial charge in [-0.05, 0) is 61.3 Å². The van der Waals surface area contributed by atoms with Gasteiger partial charge >= 0.3 is 5.97 Å². The number of hydrogen-bond donors (Lipinski definition) is 1. The molecule has 37 heavy (non-hydrogen) atoms. The molecule has 196 valence electrons. The molecule has 2 atom stereocenters. The van der Waals surface area contributed by atoms with E-state index in [9.17, 15) is 14.4 Å². The first-order valence-electron chi connectivity index (χ1n) is 12.7. The molecule has 0 aromatic heterocycles. The number of aryl methyl sites for hydroxylation is 1. The van der Waals surface area contributed by atoms with Gasteiger partial charge in [-0.1, -0.05) is 42.5 Å². The maximum atomic E-state index is 13.1. The lowest BCUT2D eigenvalue weighted by atomic mass is 9.71. The number of methoxy groups -OCH3 is 1. The van der Waals surface area contributed by atoms with E-state index in [-0.39, 0.29) is 41.6 Å². The van der Waals surface area contributed by atoms with Gasteiger partial charge in [0, 0.05) is 25.0 Å². The van der Waals surface area contributed by atoms with Gasteiger partial charge in [0.05, 0.1) is 31.1 Å². The maximum Gasteiger partial charge on any atom is 0.306 e. The van der Waals surface area contributed by atoms with E-state index in [2.05, 4.69) is 23.5 Å². The van der Waals surface area contributed by atoms with E-state index >= 15 is 0 Å². The Balaban J connectivity index is 0.00000380. The number of ether oxygens (including phenoxy) is 1. The third kappa shape index (κ3) is 6.95. The normalized spacial score (nSPS) is 22.4. The minimum atomic E-state index is -0.402. The maximum absolute atomic E-state index is 13.1. The molecule has 1 saturated heterocycles. The fourth-order valence-corrected chi connectivity index (χ4v) is 5.31. The average Bonchev–Trinajstić information content (AvgIpc) is 3.16. The molecular weight excluding hydrogens is 470 g/mol. The van der Waals surface area contributed by atoms with Crippen LogP contribution >= 0.6 is 0 Å². The molecule has 0 unspecified atom stereocenters. The number of benzene rings is 2. The summed E-state index contributed by atoms with van der Waals surface area (Å²) in [6.07, 6.45) is 3.87. The molecule has 1 saturated carbocycles. The molecule has 2 fully saturated rings. The summed E-state index contributed by atoms with van der Waals surface area (Å²) in [5.74, 6) is -0.503. The van der Waals surface area contributed by atoms with Gasteiger partial charge in [0.2, 0.25) is 11.8 Å². The molecule has 1 aliphatic heterocycles. The van der Waals surface area contributed by atoms with Gasteiger partial charge in [-0.3, -0.25) is 14.4 Å². The van der Waals surface area contributed by atoms with Crippen molar-refractivity contribution in [3.63, 3.8) is 0 Å². The predicted octanol–water partition coefficient (Wildman–Crippen LogP) is 2.76. The molecule has 0 spiro atoms. The number of carbonyl (C=O) groups is 3. The zero-order valence-corrected chi connectivity index (χ0v) is 21.2. The molecule has 8 nitrogen and oxygen atoms in total. The Kier molecular flexibility index (Phi) is 9.81. The van der Waals surface area contributed by atoms with Crippen molar-refractivity contribution >= 4 is 17.8 Å². The van der Waals surface area contributed by atoms with Gasteiger partial charge in [-0.25, -0.2) is 0 Å². The summed E-state index contributed by atoms with van der Waals surface area (Å²) < 4.78 is 4.79. The lowest BCUT2D eigenvalue weighted by Gasteiger charge is -2.35. The zero-order valence-electron chi connectivity index (χ0n) is 21.2. The summed E-state index contributed by atoms with van der Waals surface area (Å²) in [5, 5.41) is 12.0. The van der Waals surface area contributed by atoms with Crippen LogP contribution in [0, 0.1) is 23.2 Å². The second-order valence-electron chi connectivity index (χ2n) is 9.83. The highest BCUT2D eigenvalue weighted by Crippen LogP contribution is 2.41. The third-order valence-electron chi connectivity index (χ3n) is 7.51. The molecule has 2 aliphatic rings. The van der Waals surface area contributed by atoms with Crippen LogP contribution in [-0.4, -0.2) is 54.4 Å². The van der Waals surface area contributed by atoms with Crippen molar-refractivity contribution in [2.75, 3.05) is 20.2 Å². The molecule has 0 radical (unpaired) electrons. The lowest BCUT2D eigenvalue weighted by Crippen LogP contribution is -2.45. The number of hydrogen-bond acceptors (Lipinski definition) is 5.